The molecule has 1 aliphatic rings. The third-order valence-electron chi connectivity index (χ3n) is 3.07. The second-order valence-electron chi connectivity index (χ2n) is 4.22. The Bertz CT molecular complexity index is 806. The number of carbonyl (C=O) groups is 2. The summed E-state index contributed by atoms with van der Waals surface area (Å²) in [6.45, 7) is 0. The Morgan fingerprint density at radius 3 is 2.57 bits per heavy atom. The Hall–Kier alpha value is -2.80. The number of imide groups is 1. The number of benzene rings is 1. The van der Waals surface area contributed by atoms with Gasteiger partial charge in [0.1, 0.15) is 5.56 Å². The van der Waals surface area contributed by atoms with E-state index in [0.29, 0.717) is 0 Å². The minimum Gasteiger partial charge on any atom is -0.268 e. The van der Waals surface area contributed by atoms with E-state index >= 15 is 0 Å². The van der Waals surface area contributed by atoms with E-state index in [-0.39, 0.29) is 22.0 Å². The molecule has 1 aliphatic heterocycles. The van der Waals surface area contributed by atoms with Crippen molar-refractivity contribution in [3.05, 3.63) is 62.9 Å². The van der Waals surface area contributed by atoms with Crippen molar-refractivity contribution in [3.8, 4) is 0 Å². The Labute approximate surface area is 122 Å². The van der Waals surface area contributed by atoms with Crippen LogP contribution in [0.15, 0.2) is 36.5 Å². The monoisotopic (exact) mass is 303 g/mol. The number of halogens is 1. The van der Waals surface area contributed by atoms with E-state index in [1.165, 1.54) is 36.5 Å². The van der Waals surface area contributed by atoms with E-state index in [1.807, 2.05) is 0 Å². The maximum Gasteiger partial charge on any atom is 0.283 e. The summed E-state index contributed by atoms with van der Waals surface area (Å²) in [5.41, 5.74) is -0.561. The molecule has 0 saturated heterocycles. The molecule has 104 valence electrons. The molecule has 0 N–H and O–H groups in total. The van der Waals surface area contributed by atoms with E-state index in [0.717, 1.165) is 4.90 Å². The van der Waals surface area contributed by atoms with E-state index < -0.39 is 22.4 Å². The highest BCUT2D eigenvalue weighted by Crippen LogP contribution is 2.35. The molecule has 3 rings (SSSR count). The normalized spacial score (nSPS) is 13.5. The fourth-order valence-corrected chi connectivity index (χ4v) is 2.39. The summed E-state index contributed by atoms with van der Waals surface area (Å²) < 4.78 is 0. The summed E-state index contributed by atoms with van der Waals surface area (Å²) in [4.78, 5) is 39.6. The molecule has 0 bridgehead atoms. The summed E-state index contributed by atoms with van der Waals surface area (Å²) in [6.07, 6.45) is 1.41. The summed E-state index contributed by atoms with van der Waals surface area (Å²) in [6, 6.07) is 6.86. The second kappa shape index (κ2) is 4.64. The van der Waals surface area contributed by atoms with E-state index in [9.17, 15) is 19.7 Å². The number of hydrogen-bond donors (Lipinski definition) is 0. The van der Waals surface area contributed by atoms with Crippen molar-refractivity contribution in [3.63, 3.8) is 0 Å². The zero-order chi connectivity index (χ0) is 15.1. The predicted octanol–water partition coefficient (Wildman–Crippen LogP) is 2.44. The number of nitro benzene ring substituents is 1. The highest BCUT2D eigenvalue weighted by atomic mass is 35.5. The van der Waals surface area contributed by atoms with Gasteiger partial charge in [-0.05, 0) is 18.2 Å². The average Bonchev–Trinajstić information content (AvgIpc) is 2.72. The van der Waals surface area contributed by atoms with Gasteiger partial charge in [-0.2, -0.15) is 0 Å². The van der Waals surface area contributed by atoms with E-state index in [4.69, 9.17) is 11.6 Å². The first kappa shape index (κ1) is 13.2. The van der Waals surface area contributed by atoms with Crippen LogP contribution in [-0.2, 0) is 0 Å². The molecule has 2 amide bonds. The molecular formula is C13H6ClN3O4. The predicted molar refractivity (Wildman–Crippen MR) is 73.5 cm³/mol. The molecular weight excluding hydrogens is 298 g/mol. The maximum absolute atomic E-state index is 12.4. The number of hydrogen-bond acceptors (Lipinski definition) is 5. The Morgan fingerprint density at radius 1 is 1.14 bits per heavy atom. The minimum absolute atomic E-state index is 0.0193. The number of carbonyl (C=O) groups excluding carboxylic acids is 2. The Morgan fingerprint density at radius 2 is 1.90 bits per heavy atom. The lowest BCUT2D eigenvalue weighted by molar-refractivity contribution is -0.385. The zero-order valence-electron chi connectivity index (χ0n) is 10.3. The van der Waals surface area contributed by atoms with Gasteiger partial charge in [0.25, 0.3) is 17.5 Å². The SMILES string of the molecule is O=C1c2cccc([N+](=O)[O-])c2C(=O)N1c1cccnc1Cl. The Kier molecular flexibility index (Phi) is 2.91. The Balaban J connectivity index is 2.21. The number of pyridine rings is 1. The highest BCUT2D eigenvalue weighted by Gasteiger charge is 2.42. The van der Waals surface area contributed by atoms with Gasteiger partial charge in [0, 0.05) is 12.3 Å². The molecule has 0 aliphatic carbocycles. The number of nitro groups is 1. The van der Waals surface area contributed by atoms with Crippen molar-refractivity contribution in [2.45, 2.75) is 0 Å². The van der Waals surface area contributed by atoms with Crippen molar-refractivity contribution in [2.24, 2.45) is 0 Å². The number of nitrogens with zero attached hydrogens (tertiary/aromatic N) is 3. The zero-order valence-corrected chi connectivity index (χ0v) is 11.1. The van der Waals surface area contributed by atoms with Crippen LogP contribution in [0, 0.1) is 10.1 Å². The van der Waals surface area contributed by atoms with Gasteiger partial charge in [-0.15, -0.1) is 0 Å². The van der Waals surface area contributed by atoms with Crippen LogP contribution in [0.2, 0.25) is 5.15 Å². The molecule has 2 aromatic rings. The maximum atomic E-state index is 12.4. The average molecular weight is 304 g/mol. The van der Waals surface area contributed by atoms with Gasteiger partial charge in [0.05, 0.1) is 16.2 Å². The van der Waals surface area contributed by atoms with Crippen LogP contribution in [0.3, 0.4) is 0 Å². The number of aromatic nitrogens is 1. The molecule has 0 saturated carbocycles. The first-order valence-electron chi connectivity index (χ1n) is 5.79. The summed E-state index contributed by atoms with van der Waals surface area (Å²) in [5.74, 6) is -1.44. The third kappa shape index (κ3) is 1.86. The fourth-order valence-electron chi connectivity index (χ4n) is 2.18. The molecule has 2 heterocycles. The molecule has 0 spiro atoms. The molecule has 0 unspecified atom stereocenters. The second-order valence-corrected chi connectivity index (χ2v) is 4.57. The third-order valence-corrected chi connectivity index (χ3v) is 3.36. The van der Waals surface area contributed by atoms with E-state index in [2.05, 4.69) is 4.98 Å². The lowest BCUT2D eigenvalue weighted by Crippen LogP contribution is -2.29. The quantitative estimate of drug-likeness (QED) is 0.367. The summed E-state index contributed by atoms with van der Waals surface area (Å²) in [5, 5.41) is 11.0. The van der Waals surface area contributed by atoms with Crippen molar-refractivity contribution >= 4 is 34.8 Å². The summed E-state index contributed by atoms with van der Waals surface area (Å²) in [7, 11) is 0. The smallest absolute Gasteiger partial charge is 0.268 e. The van der Waals surface area contributed by atoms with Gasteiger partial charge < -0.3 is 0 Å². The van der Waals surface area contributed by atoms with Crippen LogP contribution in [0.1, 0.15) is 20.7 Å². The van der Waals surface area contributed by atoms with Crippen LogP contribution in [0.25, 0.3) is 0 Å². The standard InChI is InChI=1S/C13H6ClN3O4/c14-11-9(5-2-6-15-11)16-12(18)7-3-1-4-8(17(20)21)10(7)13(16)19/h1-6H. The molecule has 8 heteroatoms. The molecule has 1 aromatic carbocycles. The topological polar surface area (TPSA) is 93.4 Å². The van der Waals surface area contributed by atoms with Gasteiger partial charge in [-0.1, -0.05) is 17.7 Å². The lowest BCUT2D eigenvalue weighted by atomic mass is 10.1. The van der Waals surface area contributed by atoms with Crippen LogP contribution in [0.5, 0.6) is 0 Å². The number of amides is 2. The summed E-state index contributed by atoms with van der Waals surface area (Å²) >= 11 is 5.89. The van der Waals surface area contributed by atoms with Crippen molar-refractivity contribution in [1.82, 2.24) is 4.98 Å². The fraction of sp³-hybridized carbons (Fsp3) is 0. The lowest BCUT2D eigenvalue weighted by Gasteiger charge is -2.14. The molecule has 7 nitrogen and oxygen atoms in total. The van der Waals surface area contributed by atoms with Crippen molar-refractivity contribution < 1.29 is 14.5 Å². The minimum atomic E-state index is -0.780. The van der Waals surface area contributed by atoms with Gasteiger partial charge in [-0.25, -0.2) is 9.88 Å². The largest absolute Gasteiger partial charge is 0.283 e. The molecule has 0 fully saturated rings. The van der Waals surface area contributed by atoms with Gasteiger partial charge in [0.15, 0.2) is 5.15 Å². The van der Waals surface area contributed by atoms with E-state index in [1.54, 1.807) is 0 Å². The van der Waals surface area contributed by atoms with Crippen LogP contribution >= 0.6 is 11.6 Å². The van der Waals surface area contributed by atoms with Crippen LogP contribution in [0.4, 0.5) is 11.4 Å². The molecule has 1 aromatic heterocycles. The van der Waals surface area contributed by atoms with Gasteiger partial charge in [0.2, 0.25) is 0 Å². The van der Waals surface area contributed by atoms with Crippen LogP contribution in [-0.4, -0.2) is 21.7 Å². The van der Waals surface area contributed by atoms with Gasteiger partial charge in [-0.3, -0.25) is 19.7 Å². The van der Waals surface area contributed by atoms with Crippen LogP contribution < -0.4 is 4.90 Å². The molecule has 0 radical (unpaired) electrons. The number of rotatable bonds is 2. The molecule has 0 atom stereocenters. The molecule has 21 heavy (non-hydrogen) atoms. The van der Waals surface area contributed by atoms with Gasteiger partial charge >= 0.3 is 0 Å². The van der Waals surface area contributed by atoms with Crippen molar-refractivity contribution in [1.29, 1.82) is 0 Å². The number of fused-ring (bicyclic) bond motifs is 1. The first-order valence-corrected chi connectivity index (χ1v) is 6.17. The number of anilines is 1. The highest BCUT2D eigenvalue weighted by molar-refractivity contribution is 6.39. The van der Waals surface area contributed by atoms with Crippen molar-refractivity contribution in [2.75, 3.05) is 4.90 Å². The first-order chi connectivity index (χ1) is 10.0.